The summed E-state index contributed by atoms with van der Waals surface area (Å²) >= 11 is 5.30. The van der Waals surface area contributed by atoms with Gasteiger partial charge >= 0.3 is 0 Å². The van der Waals surface area contributed by atoms with Crippen molar-refractivity contribution in [1.82, 2.24) is 9.97 Å². The number of nitrogens with zero attached hydrogens (tertiary/aromatic N) is 3. The predicted octanol–water partition coefficient (Wildman–Crippen LogP) is 5.01. The van der Waals surface area contributed by atoms with Crippen LogP contribution in [0.4, 0.5) is 5.82 Å². The normalized spacial score (nSPS) is 14.5. The number of aryl methyl sites for hydroxylation is 2. The number of allylic oxidation sites excluding steroid dienone is 1. The molecule has 1 aromatic carbocycles. The maximum atomic E-state index is 4.40. The molecular formula is C18H15BrN4S. The van der Waals surface area contributed by atoms with E-state index in [9.17, 15) is 0 Å². The van der Waals surface area contributed by atoms with E-state index in [-0.39, 0.29) is 0 Å². The lowest BCUT2D eigenvalue weighted by Gasteiger charge is -2.02. The molecule has 3 aromatic rings. The highest BCUT2D eigenvalue weighted by Crippen LogP contribution is 2.38. The maximum Gasteiger partial charge on any atom is 0.158 e. The molecule has 0 saturated heterocycles. The number of aromatic nitrogens is 2. The lowest BCUT2D eigenvalue weighted by atomic mass is 10.2. The van der Waals surface area contributed by atoms with E-state index in [0.717, 1.165) is 38.9 Å². The second kappa shape index (κ2) is 6.83. The Morgan fingerprint density at radius 3 is 2.96 bits per heavy atom. The van der Waals surface area contributed by atoms with Gasteiger partial charge in [0.2, 0.25) is 0 Å². The summed E-state index contributed by atoms with van der Waals surface area (Å²) in [5, 5.41) is 5.45. The Labute approximate surface area is 152 Å². The van der Waals surface area contributed by atoms with Gasteiger partial charge in [-0.1, -0.05) is 30.3 Å². The van der Waals surface area contributed by atoms with E-state index in [1.54, 1.807) is 23.9 Å². The molecule has 0 fully saturated rings. The second-order valence-corrected chi connectivity index (χ2v) is 7.57. The first-order chi connectivity index (χ1) is 11.8. The van der Waals surface area contributed by atoms with Gasteiger partial charge in [-0.05, 0) is 52.4 Å². The van der Waals surface area contributed by atoms with Gasteiger partial charge in [-0.15, -0.1) is 11.3 Å². The Hall–Kier alpha value is -2.05. The summed E-state index contributed by atoms with van der Waals surface area (Å²) in [6, 6.07) is 10.1. The van der Waals surface area contributed by atoms with Crippen molar-refractivity contribution in [2.45, 2.75) is 19.3 Å². The zero-order valence-electron chi connectivity index (χ0n) is 12.9. The van der Waals surface area contributed by atoms with Gasteiger partial charge in [-0.3, -0.25) is 5.43 Å². The van der Waals surface area contributed by atoms with Crippen LogP contribution in [0.5, 0.6) is 0 Å². The molecule has 0 saturated carbocycles. The summed E-state index contributed by atoms with van der Waals surface area (Å²) < 4.78 is 0.891. The summed E-state index contributed by atoms with van der Waals surface area (Å²) in [7, 11) is 0. The van der Waals surface area contributed by atoms with Crippen molar-refractivity contribution in [3.63, 3.8) is 0 Å². The van der Waals surface area contributed by atoms with Crippen LogP contribution in [0.25, 0.3) is 16.3 Å². The van der Waals surface area contributed by atoms with E-state index in [0.29, 0.717) is 0 Å². The number of anilines is 1. The van der Waals surface area contributed by atoms with E-state index in [4.69, 9.17) is 0 Å². The van der Waals surface area contributed by atoms with Gasteiger partial charge in [0.15, 0.2) is 5.82 Å². The summed E-state index contributed by atoms with van der Waals surface area (Å²) in [6.07, 6.45) is 8.85. The van der Waals surface area contributed by atoms with Crippen LogP contribution < -0.4 is 5.43 Å². The van der Waals surface area contributed by atoms with E-state index in [1.165, 1.54) is 16.9 Å². The molecule has 120 valence electrons. The van der Waals surface area contributed by atoms with Crippen LogP contribution in [0.2, 0.25) is 0 Å². The minimum absolute atomic E-state index is 0.788. The number of rotatable bonds is 4. The third kappa shape index (κ3) is 3.12. The Morgan fingerprint density at radius 1 is 1.21 bits per heavy atom. The van der Waals surface area contributed by atoms with Gasteiger partial charge in [0, 0.05) is 9.36 Å². The number of hydrazone groups is 1. The molecule has 0 amide bonds. The van der Waals surface area contributed by atoms with Crippen LogP contribution in [0.1, 0.15) is 22.4 Å². The maximum absolute atomic E-state index is 4.40. The summed E-state index contributed by atoms with van der Waals surface area (Å²) in [6.45, 7) is 0. The van der Waals surface area contributed by atoms with Gasteiger partial charge in [0.1, 0.15) is 11.2 Å². The molecule has 24 heavy (non-hydrogen) atoms. The molecule has 1 aliphatic rings. The Kier molecular flexibility index (Phi) is 4.40. The molecule has 0 aliphatic heterocycles. The molecule has 2 heterocycles. The van der Waals surface area contributed by atoms with E-state index >= 15 is 0 Å². The molecule has 1 N–H and O–H groups in total. The van der Waals surface area contributed by atoms with Crippen molar-refractivity contribution in [1.29, 1.82) is 0 Å². The highest BCUT2D eigenvalue weighted by molar-refractivity contribution is 9.12. The fourth-order valence-electron chi connectivity index (χ4n) is 2.91. The zero-order chi connectivity index (χ0) is 16.4. The molecule has 0 unspecified atom stereocenters. The first-order valence-electron chi connectivity index (χ1n) is 7.78. The monoisotopic (exact) mass is 398 g/mol. The van der Waals surface area contributed by atoms with Crippen LogP contribution >= 0.6 is 27.3 Å². The van der Waals surface area contributed by atoms with Crippen LogP contribution in [0.15, 0.2) is 46.2 Å². The van der Waals surface area contributed by atoms with E-state index in [1.807, 2.05) is 36.4 Å². The fraction of sp³-hybridized carbons (Fsp3) is 0.167. The van der Waals surface area contributed by atoms with Gasteiger partial charge in [-0.25, -0.2) is 9.97 Å². The lowest BCUT2D eigenvalue weighted by molar-refractivity contribution is 0.917. The van der Waals surface area contributed by atoms with Crippen molar-refractivity contribution in [2.24, 2.45) is 5.10 Å². The SMILES string of the molecule is BrC(C=NNc1ncnc2sc3c(c12)CCC3)=Cc1ccccc1. The number of benzene rings is 1. The number of thiophene rings is 1. The minimum atomic E-state index is 0.788. The van der Waals surface area contributed by atoms with Crippen LogP contribution in [-0.2, 0) is 12.8 Å². The first kappa shape index (κ1) is 15.5. The number of hydrogen-bond donors (Lipinski definition) is 1. The third-order valence-electron chi connectivity index (χ3n) is 3.96. The quantitative estimate of drug-likeness (QED) is 0.496. The van der Waals surface area contributed by atoms with Gasteiger partial charge < -0.3 is 0 Å². The van der Waals surface area contributed by atoms with Crippen molar-refractivity contribution in [3.8, 4) is 0 Å². The number of halogens is 1. The van der Waals surface area contributed by atoms with Gasteiger partial charge in [-0.2, -0.15) is 5.10 Å². The topological polar surface area (TPSA) is 50.2 Å². The standard InChI is InChI=1S/C18H15BrN4S/c19-13(9-12-5-2-1-3-6-12)10-22-23-17-16-14-7-4-8-15(14)24-18(16)21-11-20-17/h1-3,5-6,9-11H,4,7-8H2,(H,20,21,23). The van der Waals surface area contributed by atoms with Crippen molar-refractivity contribution >= 4 is 55.6 Å². The molecule has 0 spiro atoms. The number of fused-ring (bicyclic) bond motifs is 3. The molecule has 0 atom stereocenters. The van der Waals surface area contributed by atoms with Crippen LogP contribution in [0.3, 0.4) is 0 Å². The highest BCUT2D eigenvalue weighted by atomic mass is 79.9. The minimum Gasteiger partial charge on any atom is -0.261 e. The van der Waals surface area contributed by atoms with Crippen LogP contribution in [-0.4, -0.2) is 16.2 Å². The van der Waals surface area contributed by atoms with E-state index < -0.39 is 0 Å². The molecule has 2 aromatic heterocycles. The van der Waals surface area contributed by atoms with Crippen molar-refractivity contribution in [3.05, 3.63) is 57.1 Å². The van der Waals surface area contributed by atoms with Gasteiger partial charge in [0.25, 0.3) is 0 Å². The molecule has 1 aliphatic carbocycles. The molecule has 6 heteroatoms. The van der Waals surface area contributed by atoms with Gasteiger partial charge in [0.05, 0.1) is 11.6 Å². The fourth-order valence-corrected chi connectivity index (χ4v) is 4.51. The zero-order valence-corrected chi connectivity index (χ0v) is 15.3. The molecular weight excluding hydrogens is 384 g/mol. The molecule has 4 rings (SSSR count). The number of hydrogen-bond acceptors (Lipinski definition) is 5. The Morgan fingerprint density at radius 2 is 2.08 bits per heavy atom. The number of nitrogens with one attached hydrogen (secondary N) is 1. The smallest absolute Gasteiger partial charge is 0.158 e. The Bertz CT molecular complexity index is 931. The summed E-state index contributed by atoms with van der Waals surface area (Å²) in [4.78, 5) is 11.3. The molecule has 0 radical (unpaired) electrons. The summed E-state index contributed by atoms with van der Waals surface area (Å²) in [5.41, 5.74) is 5.59. The van der Waals surface area contributed by atoms with Crippen molar-refractivity contribution < 1.29 is 0 Å². The summed E-state index contributed by atoms with van der Waals surface area (Å²) in [5.74, 6) is 0.788. The first-order valence-corrected chi connectivity index (χ1v) is 9.39. The Balaban J connectivity index is 1.56. The molecule has 0 bridgehead atoms. The average Bonchev–Trinajstić information content (AvgIpc) is 3.16. The molecule has 4 nitrogen and oxygen atoms in total. The third-order valence-corrected chi connectivity index (χ3v) is 5.60. The second-order valence-electron chi connectivity index (χ2n) is 5.57. The average molecular weight is 399 g/mol. The predicted molar refractivity (Wildman–Crippen MR) is 105 cm³/mol. The van der Waals surface area contributed by atoms with Crippen LogP contribution in [0, 0.1) is 0 Å². The highest BCUT2D eigenvalue weighted by Gasteiger charge is 2.20. The van der Waals surface area contributed by atoms with Crippen molar-refractivity contribution in [2.75, 3.05) is 5.43 Å². The lowest BCUT2D eigenvalue weighted by Crippen LogP contribution is -1.95. The van der Waals surface area contributed by atoms with E-state index in [2.05, 4.69) is 36.4 Å². The largest absolute Gasteiger partial charge is 0.261 e.